The molecule has 0 bridgehead atoms. The van der Waals surface area contributed by atoms with Crippen LogP contribution in [-0.4, -0.2) is 51.1 Å². The summed E-state index contributed by atoms with van der Waals surface area (Å²) >= 11 is 0. The van der Waals surface area contributed by atoms with Crippen LogP contribution in [0.5, 0.6) is 0 Å². The number of carboxylic acids is 1. The van der Waals surface area contributed by atoms with Gasteiger partial charge in [0.05, 0.1) is 12.2 Å². The van der Waals surface area contributed by atoms with Crippen LogP contribution in [-0.2, 0) is 19.2 Å². The highest BCUT2D eigenvalue weighted by Gasteiger charge is 2.29. The summed E-state index contributed by atoms with van der Waals surface area (Å²) in [4.78, 5) is 45.9. The van der Waals surface area contributed by atoms with Crippen molar-refractivity contribution in [3.8, 4) is 0 Å². The molecule has 0 unspecified atom stereocenters. The number of carbonyl (C=O) groups is 4. The minimum Gasteiger partial charge on any atom is -0.478 e. The molecule has 34 heavy (non-hydrogen) atoms. The first kappa shape index (κ1) is 29.5. The molecule has 4 N–H and O–H groups in total. The van der Waals surface area contributed by atoms with Gasteiger partial charge in [-0.1, -0.05) is 38.2 Å². The molecule has 8 nitrogen and oxygen atoms in total. The highest BCUT2D eigenvalue weighted by atomic mass is 16.4. The van der Waals surface area contributed by atoms with Crippen molar-refractivity contribution in [1.29, 1.82) is 0 Å². The second-order valence-electron chi connectivity index (χ2n) is 9.29. The van der Waals surface area contributed by atoms with Crippen LogP contribution in [0.15, 0.2) is 36.0 Å². The molecule has 190 valence electrons. The largest absolute Gasteiger partial charge is 0.478 e. The number of ketones is 1. The summed E-state index contributed by atoms with van der Waals surface area (Å²) in [5.74, 6) is -2.67. The highest BCUT2D eigenvalue weighted by molar-refractivity contribution is 5.97. The number of rotatable bonds is 15. The van der Waals surface area contributed by atoms with Crippen molar-refractivity contribution in [2.24, 2.45) is 17.8 Å². The summed E-state index contributed by atoms with van der Waals surface area (Å²) in [7, 11) is 0. The van der Waals surface area contributed by atoms with E-state index in [2.05, 4.69) is 11.4 Å². The van der Waals surface area contributed by atoms with Crippen LogP contribution in [0.3, 0.4) is 0 Å². The van der Waals surface area contributed by atoms with Crippen LogP contribution >= 0.6 is 0 Å². The molecule has 4 atom stereocenters. The van der Waals surface area contributed by atoms with Gasteiger partial charge in [0.2, 0.25) is 11.8 Å². The fraction of sp³-hybridized carbons (Fsp3) is 0.615. The van der Waals surface area contributed by atoms with Gasteiger partial charge < -0.3 is 15.3 Å². The fourth-order valence-electron chi connectivity index (χ4n) is 4.08. The van der Waals surface area contributed by atoms with Gasteiger partial charge in [-0.25, -0.2) is 4.79 Å². The molecule has 0 aliphatic carbocycles. The molecular weight excluding hydrogens is 438 g/mol. The number of imide groups is 1. The number of aliphatic hydroxyl groups excluding tert-OH is 2. The van der Waals surface area contributed by atoms with E-state index in [-0.39, 0.29) is 55.1 Å². The van der Waals surface area contributed by atoms with Gasteiger partial charge in [0, 0.05) is 31.3 Å². The lowest BCUT2D eigenvalue weighted by atomic mass is 9.86. The number of aliphatic carboxylic acids is 1. The average molecular weight is 478 g/mol. The number of nitrogens with one attached hydrogen (secondary N) is 1. The van der Waals surface area contributed by atoms with Gasteiger partial charge in [-0.2, -0.15) is 0 Å². The van der Waals surface area contributed by atoms with Crippen molar-refractivity contribution in [3.05, 3.63) is 36.0 Å². The number of carboxylic acid groups (broad SMARTS) is 1. The van der Waals surface area contributed by atoms with Crippen LogP contribution in [0, 0.1) is 17.8 Å². The van der Waals surface area contributed by atoms with E-state index in [0.29, 0.717) is 12.0 Å². The predicted molar refractivity (Wildman–Crippen MR) is 129 cm³/mol. The van der Waals surface area contributed by atoms with Crippen molar-refractivity contribution in [2.45, 2.75) is 84.3 Å². The highest BCUT2D eigenvalue weighted by Crippen LogP contribution is 2.23. The standard InChI is InChI=1S/C26H39NO7/c1-17(10-8-6-4-5-7-9-11-25(32)33)12-18(2)26(34)19(3)22(29)16-21(28)13-20-14-23(30)27-24(31)15-20/h4,6,9,11-12,17,19-21,26,28,34H,5,7-8,10,13-16H2,1-3H3,(H,32,33)(H,27,30,31)/b6-4+,11-9+,18-12+/t17-,19+,21+,26+/m0/s1. The van der Waals surface area contributed by atoms with Crippen molar-refractivity contribution >= 4 is 23.6 Å². The molecule has 0 spiro atoms. The number of unbranched alkanes of at least 4 members (excludes halogenated alkanes) is 1. The molecule has 1 heterocycles. The number of aliphatic hydroxyl groups is 2. The molecule has 0 aromatic carbocycles. The normalized spacial score (nSPS) is 19.3. The van der Waals surface area contributed by atoms with E-state index in [4.69, 9.17) is 5.11 Å². The van der Waals surface area contributed by atoms with Gasteiger partial charge in [-0.3, -0.25) is 19.7 Å². The average Bonchev–Trinajstić information content (AvgIpc) is 2.73. The Morgan fingerprint density at radius 1 is 1.03 bits per heavy atom. The molecular formula is C26H39NO7. The molecule has 1 fully saturated rings. The Morgan fingerprint density at radius 2 is 1.62 bits per heavy atom. The Bertz CT molecular complexity index is 783. The quantitative estimate of drug-likeness (QED) is 0.123. The second kappa shape index (κ2) is 15.3. The van der Waals surface area contributed by atoms with Crippen molar-refractivity contribution in [3.63, 3.8) is 0 Å². The summed E-state index contributed by atoms with van der Waals surface area (Å²) in [5.41, 5.74) is 0.708. The van der Waals surface area contributed by atoms with E-state index in [1.54, 1.807) is 19.9 Å². The molecule has 8 heteroatoms. The molecule has 0 saturated carbocycles. The third kappa shape index (κ3) is 12.0. The van der Waals surface area contributed by atoms with Crippen LogP contribution in [0.2, 0.25) is 0 Å². The summed E-state index contributed by atoms with van der Waals surface area (Å²) < 4.78 is 0. The third-order valence-electron chi connectivity index (χ3n) is 5.98. The Hall–Kier alpha value is -2.58. The van der Waals surface area contributed by atoms with E-state index >= 15 is 0 Å². The lowest BCUT2D eigenvalue weighted by Gasteiger charge is -2.24. The maximum Gasteiger partial charge on any atom is 0.327 e. The number of piperidine rings is 1. The van der Waals surface area contributed by atoms with E-state index in [1.807, 2.05) is 19.1 Å². The fourth-order valence-corrected chi connectivity index (χ4v) is 4.08. The predicted octanol–water partition coefficient (Wildman–Crippen LogP) is 3.09. The van der Waals surface area contributed by atoms with E-state index in [1.165, 1.54) is 0 Å². The molecule has 1 saturated heterocycles. The zero-order valence-electron chi connectivity index (χ0n) is 20.4. The monoisotopic (exact) mass is 477 g/mol. The summed E-state index contributed by atoms with van der Waals surface area (Å²) in [6.45, 7) is 5.47. The number of carbonyl (C=O) groups excluding carboxylic acids is 3. The molecule has 1 aliphatic rings. The SMILES string of the molecule is C/C(=C\[C@@H](C)CC/C=C/CC/C=C/C(=O)O)[C@@H](O)[C@H](C)C(=O)C[C@H](O)CC1CC(=O)NC(=O)C1. The third-order valence-corrected chi connectivity index (χ3v) is 5.98. The van der Waals surface area contributed by atoms with Crippen LogP contribution in [0.1, 0.15) is 72.1 Å². The second-order valence-corrected chi connectivity index (χ2v) is 9.29. The van der Waals surface area contributed by atoms with Crippen molar-refractivity contribution in [2.75, 3.05) is 0 Å². The molecule has 0 radical (unpaired) electrons. The van der Waals surface area contributed by atoms with Gasteiger partial charge >= 0.3 is 5.97 Å². The molecule has 0 aromatic heterocycles. The summed E-state index contributed by atoms with van der Waals surface area (Å²) in [5, 5.41) is 31.6. The van der Waals surface area contributed by atoms with Crippen LogP contribution in [0.25, 0.3) is 0 Å². The first-order valence-electron chi connectivity index (χ1n) is 11.9. The molecule has 1 rings (SSSR count). The number of hydrogen-bond acceptors (Lipinski definition) is 6. The zero-order valence-corrected chi connectivity index (χ0v) is 20.4. The number of allylic oxidation sites excluding steroid dienone is 4. The number of hydrogen-bond donors (Lipinski definition) is 4. The number of amides is 2. The van der Waals surface area contributed by atoms with Gasteiger partial charge in [0.15, 0.2) is 0 Å². The van der Waals surface area contributed by atoms with Gasteiger partial charge in [0.1, 0.15) is 5.78 Å². The van der Waals surface area contributed by atoms with Crippen molar-refractivity contribution < 1.29 is 34.5 Å². The van der Waals surface area contributed by atoms with E-state index in [9.17, 15) is 29.4 Å². The topological polar surface area (TPSA) is 141 Å². The van der Waals surface area contributed by atoms with E-state index in [0.717, 1.165) is 25.3 Å². The molecule has 2 amide bonds. The maximum atomic E-state index is 12.6. The van der Waals surface area contributed by atoms with Gasteiger partial charge in [0.25, 0.3) is 0 Å². The van der Waals surface area contributed by atoms with Crippen molar-refractivity contribution in [1.82, 2.24) is 5.32 Å². The first-order chi connectivity index (χ1) is 16.0. The van der Waals surface area contributed by atoms with Crippen LogP contribution in [0.4, 0.5) is 0 Å². The minimum absolute atomic E-state index is 0.125. The Morgan fingerprint density at radius 3 is 2.24 bits per heavy atom. The maximum absolute atomic E-state index is 12.6. The first-order valence-corrected chi connectivity index (χ1v) is 11.9. The summed E-state index contributed by atoms with van der Waals surface area (Å²) in [6, 6.07) is 0. The lowest BCUT2D eigenvalue weighted by Crippen LogP contribution is -2.39. The molecule has 0 aromatic rings. The Labute approximate surface area is 201 Å². The Kier molecular flexibility index (Phi) is 13.3. The molecule has 1 aliphatic heterocycles. The minimum atomic E-state index is -0.958. The summed E-state index contributed by atoms with van der Waals surface area (Å²) in [6.07, 6.45) is 10.5. The van der Waals surface area contributed by atoms with Gasteiger partial charge in [-0.05, 0) is 56.4 Å². The number of Topliss-reactive ketones (excluding diaryl/α,β-unsaturated/α-hetero) is 1. The van der Waals surface area contributed by atoms with E-state index < -0.39 is 24.1 Å². The van der Waals surface area contributed by atoms with Gasteiger partial charge in [-0.15, -0.1) is 0 Å². The Balaban J connectivity index is 2.42. The van der Waals surface area contributed by atoms with Crippen LogP contribution < -0.4 is 5.32 Å². The zero-order chi connectivity index (χ0) is 25.7. The smallest absolute Gasteiger partial charge is 0.327 e. The lowest BCUT2D eigenvalue weighted by molar-refractivity contribution is -0.135.